The summed E-state index contributed by atoms with van der Waals surface area (Å²) in [6.07, 6.45) is 6.48. The van der Waals surface area contributed by atoms with Gasteiger partial charge in [0.25, 0.3) is 0 Å². The summed E-state index contributed by atoms with van der Waals surface area (Å²) in [7, 11) is 1.66. The van der Waals surface area contributed by atoms with Crippen LogP contribution in [-0.2, 0) is 9.59 Å². The van der Waals surface area contributed by atoms with Crippen LogP contribution in [0.1, 0.15) is 20.8 Å². The van der Waals surface area contributed by atoms with Crippen molar-refractivity contribution in [1.29, 1.82) is 0 Å². The van der Waals surface area contributed by atoms with Crippen molar-refractivity contribution in [1.82, 2.24) is 4.90 Å². The smallest absolute Gasteiger partial charge is 0.249 e. The molecule has 2 amide bonds. The van der Waals surface area contributed by atoms with E-state index in [2.05, 4.69) is 11.6 Å². The van der Waals surface area contributed by atoms with E-state index in [-0.39, 0.29) is 12.5 Å². The van der Waals surface area contributed by atoms with Crippen LogP contribution in [0.3, 0.4) is 0 Å². The van der Waals surface area contributed by atoms with Gasteiger partial charge in [-0.05, 0) is 25.5 Å². The molecule has 0 atom stereocenters. The van der Waals surface area contributed by atoms with Gasteiger partial charge in [-0.2, -0.15) is 0 Å². The van der Waals surface area contributed by atoms with Crippen molar-refractivity contribution >= 4 is 29.6 Å². The second-order valence-corrected chi connectivity index (χ2v) is 4.90. The lowest BCUT2D eigenvalue weighted by atomic mass is 10.2. The van der Waals surface area contributed by atoms with Crippen molar-refractivity contribution in [2.24, 2.45) is 10.7 Å². The lowest BCUT2D eigenvalue weighted by Crippen LogP contribution is -2.22. The lowest BCUT2D eigenvalue weighted by molar-refractivity contribution is -0.125. The van der Waals surface area contributed by atoms with Gasteiger partial charge in [0.05, 0.1) is 12.1 Å². The van der Waals surface area contributed by atoms with E-state index in [9.17, 15) is 9.59 Å². The maximum atomic E-state index is 11.4. The first-order valence-corrected chi connectivity index (χ1v) is 7.04. The highest BCUT2D eigenvalue weighted by atomic mass is 35.5. The van der Waals surface area contributed by atoms with Crippen molar-refractivity contribution in [2.75, 3.05) is 13.6 Å². The quantitative estimate of drug-likeness (QED) is 0.444. The summed E-state index contributed by atoms with van der Waals surface area (Å²) in [6, 6.07) is 0. The summed E-state index contributed by atoms with van der Waals surface area (Å²) in [5.41, 5.74) is 6.82. The molecule has 0 unspecified atom stereocenters. The predicted octanol–water partition coefficient (Wildman–Crippen LogP) is 2.55. The minimum absolute atomic E-state index is 0.0997. The molecule has 0 aliphatic heterocycles. The van der Waals surface area contributed by atoms with Gasteiger partial charge in [-0.1, -0.05) is 30.3 Å². The number of rotatable bonds is 7. The van der Waals surface area contributed by atoms with Crippen LogP contribution in [0.5, 0.6) is 0 Å². The Morgan fingerprint density at radius 3 is 2.27 bits per heavy atom. The van der Waals surface area contributed by atoms with Crippen LogP contribution < -0.4 is 5.73 Å². The monoisotopic (exact) mass is 323 g/mol. The molecular weight excluding hydrogens is 302 g/mol. The molecule has 0 fully saturated rings. The number of likely N-dealkylation sites (N-methyl/N-ethyl adjacent to an activating group) is 1. The van der Waals surface area contributed by atoms with Gasteiger partial charge in [0.15, 0.2) is 0 Å². The van der Waals surface area contributed by atoms with E-state index in [4.69, 9.17) is 17.3 Å². The number of allylic oxidation sites excluding steroid dienone is 3. The fourth-order valence-corrected chi connectivity index (χ4v) is 1.58. The van der Waals surface area contributed by atoms with E-state index in [1.807, 2.05) is 6.92 Å². The Kier molecular flexibility index (Phi) is 8.79. The second-order valence-electron chi connectivity index (χ2n) is 4.44. The third-order valence-electron chi connectivity index (χ3n) is 2.91. The van der Waals surface area contributed by atoms with Crippen molar-refractivity contribution in [3.05, 3.63) is 46.7 Å². The van der Waals surface area contributed by atoms with E-state index in [1.165, 1.54) is 18.0 Å². The van der Waals surface area contributed by atoms with Crippen LogP contribution in [0.4, 0.5) is 0 Å². The third-order valence-corrected chi connectivity index (χ3v) is 3.16. The van der Waals surface area contributed by atoms with E-state index in [0.29, 0.717) is 21.9 Å². The van der Waals surface area contributed by atoms with E-state index >= 15 is 0 Å². The maximum absolute atomic E-state index is 11.4. The number of hydrogen-bond donors (Lipinski definition) is 1. The first-order chi connectivity index (χ1) is 10.2. The highest BCUT2D eigenvalue weighted by Gasteiger charge is 2.08. The average Bonchev–Trinajstić information content (AvgIpc) is 2.45. The summed E-state index contributed by atoms with van der Waals surface area (Å²) < 4.78 is 0. The number of amides is 2. The van der Waals surface area contributed by atoms with Crippen LogP contribution in [0.25, 0.3) is 0 Å². The molecular formula is C16H22ClN3O2. The average molecular weight is 324 g/mol. The number of carbonyl (C=O) groups excluding carboxylic acids is 2. The molecule has 0 heterocycles. The van der Waals surface area contributed by atoms with E-state index in [1.54, 1.807) is 32.2 Å². The molecule has 22 heavy (non-hydrogen) atoms. The summed E-state index contributed by atoms with van der Waals surface area (Å²) in [4.78, 5) is 28.1. The topological polar surface area (TPSA) is 75.8 Å². The van der Waals surface area contributed by atoms with Gasteiger partial charge in [-0.25, -0.2) is 0 Å². The Morgan fingerprint density at radius 1 is 1.32 bits per heavy atom. The fourth-order valence-electron chi connectivity index (χ4n) is 1.47. The molecule has 0 radical (unpaired) electrons. The molecule has 0 saturated carbocycles. The number of aliphatic imine (C=N–C) groups is 1. The van der Waals surface area contributed by atoms with Gasteiger partial charge in [0.2, 0.25) is 11.8 Å². The van der Waals surface area contributed by atoms with Crippen molar-refractivity contribution < 1.29 is 9.59 Å². The number of hydrogen-bond acceptors (Lipinski definition) is 3. The Bertz CT molecular complexity index is 572. The van der Waals surface area contributed by atoms with Crippen LogP contribution in [0.15, 0.2) is 51.7 Å². The van der Waals surface area contributed by atoms with Crippen molar-refractivity contribution in [2.45, 2.75) is 20.8 Å². The summed E-state index contributed by atoms with van der Waals surface area (Å²) in [5, 5.41) is 0.314. The molecule has 0 aliphatic carbocycles. The number of halogens is 1. The lowest BCUT2D eigenvalue weighted by Gasteiger charge is -2.17. The molecule has 120 valence electrons. The SMILES string of the molecule is C=C(Cl)/C(=C\C(=C/C)N(C)C(C)=O)C/N=C\C(=C/C)C(N)=O. The molecule has 0 saturated heterocycles. The van der Waals surface area contributed by atoms with Crippen molar-refractivity contribution in [3.63, 3.8) is 0 Å². The second kappa shape index (κ2) is 9.73. The normalized spacial score (nSPS) is 13.4. The van der Waals surface area contributed by atoms with Gasteiger partial charge in [-0.3, -0.25) is 14.6 Å². The van der Waals surface area contributed by atoms with Gasteiger partial charge in [0, 0.05) is 30.9 Å². The third kappa shape index (κ3) is 6.54. The molecule has 0 aromatic heterocycles. The zero-order chi connectivity index (χ0) is 17.3. The summed E-state index contributed by atoms with van der Waals surface area (Å²) in [6.45, 7) is 8.88. The summed E-state index contributed by atoms with van der Waals surface area (Å²) in [5.74, 6) is -0.649. The first-order valence-electron chi connectivity index (χ1n) is 6.66. The van der Waals surface area contributed by atoms with Gasteiger partial charge in [-0.15, -0.1) is 0 Å². The van der Waals surface area contributed by atoms with Gasteiger partial charge >= 0.3 is 0 Å². The number of carbonyl (C=O) groups is 2. The molecule has 5 nitrogen and oxygen atoms in total. The molecule has 0 aromatic rings. The molecule has 0 aromatic carbocycles. The first kappa shape index (κ1) is 19.9. The Balaban J connectivity index is 5.29. The maximum Gasteiger partial charge on any atom is 0.249 e. The van der Waals surface area contributed by atoms with E-state index < -0.39 is 5.91 Å². The van der Waals surface area contributed by atoms with Crippen LogP contribution >= 0.6 is 11.6 Å². The summed E-state index contributed by atoms with van der Waals surface area (Å²) >= 11 is 5.97. The zero-order valence-corrected chi connectivity index (χ0v) is 14.1. The molecule has 6 heteroatoms. The largest absolute Gasteiger partial charge is 0.366 e. The number of primary amides is 1. The highest BCUT2D eigenvalue weighted by Crippen LogP contribution is 2.17. The molecule has 0 bridgehead atoms. The minimum Gasteiger partial charge on any atom is -0.366 e. The van der Waals surface area contributed by atoms with Crippen LogP contribution in [-0.4, -0.2) is 36.5 Å². The standard InChI is InChI=1S/C16H22ClN3O2/c1-6-13(16(18)22)9-19-10-14(11(3)17)8-15(7-2)20(5)12(4)21/h6-9H,3,10H2,1-2,4-5H3,(H2,18,22)/b13-6+,14-8-,15-7+,19-9-. The molecule has 0 rings (SSSR count). The minimum atomic E-state index is -0.549. The fraction of sp³-hybridized carbons (Fsp3) is 0.312. The van der Waals surface area contributed by atoms with Gasteiger partial charge in [0.1, 0.15) is 0 Å². The van der Waals surface area contributed by atoms with Crippen molar-refractivity contribution in [3.8, 4) is 0 Å². The molecule has 2 N–H and O–H groups in total. The number of nitrogens with two attached hydrogens (primary N) is 1. The Labute approximate surface area is 136 Å². The Morgan fingerprint density at radius 2 is 1.91 bits per heavy atom. The Hall–Kier alpha value is -2.14. The van der Waals surface area contributed by atoms with Crippen LogP contribution in [0.2, 0.25) is 0 Å². The predicted molar refractivity (Wildman–Crippen MR) is 91.6 cm³/mol. The number of nitrogens with zero attached hydrogens (tertiary/aromatic N) is 2. The van der Waals surface area contributed by atoms with Gasteiger partial charge < -0.3 is 10.6 Å². The van der Waals surface area contributed by atoms with E-state index in [0.717, 1.165) is 0 Å². The molecule has 0 aliphatic rings. The van der Waals surface area contributed by atoms with Crippen LogP contribution in [0, 0.1) is 0 Å². The molecule has 0 spiro atoms. The highest BCUT2D eigenvalue weighted by molar-refractivity contribution is 6.31. The zero-order valence-electron chi connectivity index (χ0n) is 13.4.